The highest BCUT2D eigenvalue weighted by molar-refractivity contribution is 8.76. The van der Waals surface area contributed by atoms with Gasteiger partial charge in [-0.15, -0.1) is 0 Å². The molecule has 0 aromatic rings. The van der Waals surface area contributed by atoms with Crippen LogP contribution in [-0.4, -0.2) is 48.4 Å². The maximum Gasteiger partial charge on any atom is 0.298 e. The minimum Gasteiger partial charge on any atom is -0.285 e. The van der Waals surface area contributed by atoms with Crippen molar-refractivity contribution in [3.63, 3.8) is 0 Å². The zero-order chi connectivity index (χ0) is 13.9. The molecule has 0 radical (unpaired) electrons. The van der Waals surface area contributed by atoms with Gasteiger partial charge in [0.2, 0.25) is 5.12 Å². The molecule has 0 bridgehead atoms. The van der Waals surface area contributed by atoms with E-state index in [1.807, 2.05) is 0 Å². The van der Waals surface area contributed by atoms with E-state index in [9.17, 15) is 19.2 Å². The minimum atomic E-state index is -3.09. The highest BCUT2D eigenvalue weighted by Gasteiger charge is 2.72. The molecule has 2 heterocycles. The molecule has 0 aromatic heterocycles. The molecule has 2 fully saturated rings. The SMILES string of the molecule is CSN1CC(=O)S2(C1=O)C(=O)N(C(C)(C)C)C2=O. The van der Waals surface area contributed by atoms with Crippen LogP contribution in [0.4, 0.5) is 14.4 Å². The summed E-state index contributed by atoms with van der Waals surface area (Å²) in [6.07, 6.45) is 1.64. The van der Waals surface area contributed by atoms with Crippen LogP contribution in [-0.2, 0) is 4.79 Å². The molecule has 0 N–H and O–H groups in total. The second-order valence-corrected chi connectivity index (χ2v) is 8.54. The molecule has 100 valence electrons. The smallest absolute Gasteiger partial charge is 0.285 e. The van der Waals surface area contributed by atoms with Crippen molar-refractivity contribution in [2.24, 2.45) is 0 Å². The molecule has 0 saturated carbocycles. The zero-order valence-electron chi connectivity index (χ0n) is 10.6. The van der Waals surface area contributed by atoms with Crippen molar-refractivity contribution in [2.45, 2.75) is 26.3 Å². The Kier molecular flexibility index (Phi) is 2.78. The van der Waals surface area contributed by atoms with E-state index < -0.39 is 36.4 Å². The summed E-state index contributed by atoms with van der Waals surface area (Å²) in [5.41, 5.74) is -0.695. The molecule has 2 rings (SSSR count). The Bertz CT molecular complexity index is 467. The van der Waals surface area contributed by atoms with E-state index in [1.165, 1.54) is 4.31 Å². The van der Waals surface area contributed by atoms with Gasteiger partial charge in [-0.25, -0.2) is 0 Å². The number of imide groups is 1. The van der Waals surface area contributed by atoms with E-state index in [4.69, 9.17) is 0 Å². The van der Waals surface area contributed by atoms with Crippen molar-refractivity contribution in [2.75, 3.05) is 12.8 Å². The first-order valence-electron chi connectivity index (χ1n) is 5.29. The van der Waals surface area contributed by atoms with Gasteiger partial charge >= 0.3 is 0 Å². The number of nitrogens with zero attached hydrogens (tertiary/aromatic N) is 2. The van der Waals surface area contributed by atoms with Crippen LogP contribution in [0.15, 0.2) is 0 Å². The highest BCUT2D eigenvalue weighted by atomic mass is 32.3. The number of amides is 3. The molecule has 2 aliphatic heterocycles. The van der Waals surface area contributed by atoms with E-state index in [2.05, 4.69) is 0 Å². The highest BCUT2D eigenvalue weighted by Crippen LogP contribution is 2.67. The maximum atomic E-state index is 12.2. The molecule has 3 amide bonds. The van der Waals surface area contributed by atoms with Gasteiger partial charge in [0, 0.05) is 11.8 Å². The first-order valence-corrected chi connectivity index (χ1v) is 8.10. The third-order valence-electron chi connectivity index (χ3n) is 2.86. The summed E-state index contributed by atoms with van der Waals surface area (Å²) in [4.78, 5) is 49.5. The van der Waals surface area contributed by atoms with E-state index in [0.717, 1.165) is 16.8 Å². The average molecular weight is 290 g/mol. The molecule has 6 nitrogen and oxygen atoms in total. The van der Waals surface area contributed by atoms with E-state index in [0.29, 0.717) is 0 Å². The van der Waals surface area contributed by atoms with Crippen molar-refractivity contribution in [1.82, 2.24) is 9.21 Å². The molecule has 1 spiro atoms. The lowest BCUT2D eigenvalue weighted by Crippen LogP contribution is -2.63. The molecule has 0 unspecified atom stereocenters. The van der Waals surface area contributed by atoms with Crippen LogP contribution in [0.1, 0.15) is 20.8 Å². The summed E-state index contributed by atoms with van der Waals surface area (Å²) < 4.78 is 1.20. The summed E-state index contributed by atoms with van der Waals surface area (Å²) >= 11 is 1.07. The van der Waals surface area contributed by atoms with Crippen molar-refractivity contribution in [3.8, 4) is 0 Å². The van der Waals surface area contributed by atoms with Crippen LogP contribution in [0, 0.1) is 0 Å². The second kappa shape index (κ2) is 3.74. The number of hydrogen-bond acceptors (Lipinski definition) is 5. The van der Waals surface area contributed by atoms with Gasteiger partial charge < -0.3 is 0 Å². The number of carbonyl (C=O) groups excluding carboxylic acids is 4. The van der Waals surface area contributed by atoms with Crippen LogP contribution in [0.3, 0.4) is 0 Å². The standard InChI is InChI=1S/C10H14N2O4S2/c1-10(2,3)12-8(15)18(9(12)16)6(13)5-11(17-4)7(18)14/h5H2,1-4H3. The first kappa shape index (κ1) is 13.4. The second-order valence-electron chi connectivity index (χ2n) is 5.01. The fourth-order valence-electron chi connectivity index (χ4n) is 1.94. The van der Waals surface area contributed by atoms with Crippen LogP contribution in [0.2, 0.25) is 0 Å². The lowest BCUT2D eigenvalue weighted by atomic mass is 10.1. The third-order valence-corrected chi connectivity index (χ3v) is 6.68. The average Bonchev–Trinajstić information content (AvgIpc) is 2.50. The van der Waals surface area contributed by atoms with E-state index in [1.54, 1.807) is 27.0 Å². The summed E-state index contributed by atoms with van der Waals surface area (Å²) in [7, 11) is -3.09. The van der Waals surface area contributed by atoms with Crippen molar-refractivity contribution >= 4 is 42.8 Å². The predicted octanol–water partition coefficient (Wildman–Crippen LogP) is 2.39. The lowest BCUT2D eigenvalue weighted by molar-refractivity contribution is -0.110. The van der Waals surface area contributed by atoms with Crippen molar-refractivity contribution in [3.05, 3.63) is 0 Å². The lowest BCUT2D eigenvalue weighted by Gasteiger charge is -2.49. The Morgan fingerprint density at radius 2 is 1.56 bits per heavy atom. The predicted molar refractivity (Wildman–Crippen MR) is 70.6 cm³/mol. The maximum absolute atomic E-state index is 12.2. The first-order chi connectivity index (χ1) is 8.18. The van der Waals surface area contributed by atoms with Crippen LogP contribution >= 0.6 is 22.0 Å². The van der Waals surface area contributed by atoms with Crippen LogP contribution in [0.25, 0.3) is 0 Å². The third kappa shape index (κ3) is 1.33. The number of carbonyl (C=O) groups is 4. The van der Waals surface area contributed by atoms with Gasteiger partial charge in [0.25, 0.3) is 15.7 Å². The van der Waals surface area contributed by atoms with Gasteiger partial charge in [0.05, 0.1) is 10.0 Å². The topological polar surface area (TPSA) is 74.8 Å². The van der Waals surface area contributed by atoms with Gasteiger partial charge in [0.1, 0.15) is 6.54 Å². The molecule has 0 aromatic carbocycles. The normalized spacial score (nSPS) is 24.9. The van der Waals surface area contributed by atoms with Crippen LogP contribution < -0.4 is 0 Å². The summed E-state index contributed by atoms with van der Waals surface area (Å²) in [5, 5.41) is -2.36. The molecule has 2 saturated heterocycles. The molecule has 0 atom stereocenters. The fourth-order valence-corrected chi connectivity index (χ4v) is 5.83. The van der Waals surface area contributed by atoms with Crippen molar-refractivity contribution < 1.29 is 19.2 Å². The number of hydrogen-bond donors (Lipinski definition) is 0. The van der Waals surface area contributed by atoms with Gasteiger partial charge in [-0.2, -0.15) is 0 Å². The Morgan fingerprint density at radius 1 is 1.06 bits per heavy atom. The quantitative estimate of drug-likeness (QED) is 0.693. The zero-order valence-corrected chi connectivity index (χ0v) is 12.2. The Balaban J connectivity index is 2.43. The molecule has 2 aliphatic rings. The Hall–Kier alpha value is -1.02. The summed E-state index contributed by atoms with van der Waals surface area (Å²) in [5.74, 6) is 0. The Labute approximate surface area is 110 Å². The van der Waals surface area contributed by atoms with Gasteiger partial charge in [-0.3, -0.25) is 28.4 Å². The fraction of sp³-hybridized carbons (Fsp3) is 0.600. The number of rotatable bonds is 1. The van der Waals surface area contributed by atoms with E-state index >= 15 is 0 Å². The minimum absolute atomic E-state index is 0.148. The molecule has 8 heteroatoms. The summed E-state index contributed by atoms with van der Waals surface area (Å²) in [6.45, 7) is 4.95. The van der Waals surface area contributed by atoms with Gasteiger partial charge in [-0.1, -0.05) is 0 Å². The van der Waals surface area contributed by atoms with E-state index in [-0.39, 0.29) is 6.54 Å². The monoisotopic (exact) mass is 290 g/mol. The van der Waals surface area contributed by atoms with Gasteiger partial charge in [0.15, 0.2) is 0 Å². The summed E-state index contributed by atoms with van der Waals surface area (Å²) in [6, 6.07) is 0. The molecule has 0 aliphatic carbocycles. The molecule has 18 heavy (non-hydrogen) atoms. The largest absolute Gasteiger partial charge is 0.298 e. The van der Waals surface area contributed by atoms with Crippen LogP contribution in [0.5, 0.6) is 0 Å². The van der Waals surface area contributed by atoms with Crippen molar-refractivity contribution in [1.29, 1.82) is 0 Å². The van der Waals surface area contributed by atoms with Gasteiger partial charge in [-0.05, 0) is 32.7 Å². The molecular formula is C10H14N2O4S2. The molecular weight excluding hydrogens is 276 g/mol. The Morgan fingerprint density at radius 3 is 1.89 bits per heavy atom.